The van der Waals surface area contributed by atoms with E-state index >= 15 is 0 Å². The Morgan fingerprint density at radius 1 is 1.91 bits per heavy atom. The van der Waals surface area contributed by atoms with Gasteiger partial charge in [0, 0.05) is 6.54 Å². The summed E-state index contributed by atoms with van der Waals surface area (Å²) in [5, 5.41) is 2.56. The molecule has 4 nitrogen and oxygen atoms in total. The minimum atomic E-state index is -0.251. The zero-order valence-electron chi connectivity index (χ0n) is 5.91. The normalized spacial score (nSPS) is 9.09. The van der Waals surface area contributed by atoms with Crippen molar-refractivity contribution in [3.63, 3.8) is 0 Å². The lowest BCUT2D eigenvalue weighted by Crippen LogP contribution is -2.23. The Bertz CT molecular complexity index is 241. The van der Waals surface area contributed by atoms with Gasteiger partial charge in [-0.25, -0.2) is 4.98 Å². The smallest absolute Gasteiger partial charge is 0.273 e. The van der Waals surface area contributed by atoms with E-state index in [-0.39, 0.29) is 11.6 Å². The zero-order chi connectivity index (χ0) is 8.10. The Balaban J connectivity index is 2.49. The monoisotopic (exact) mass is 152 g/mol. The van der Waals surface area contributed by atoms with Crippen molar-refractivity contribution < 1.29 is 9.21 Å². The first-order valence-corrected chi connectivity index (χ1v) is 3.12. The molecule has 0 saturated carbocycles. The highest BCUT2D eigenvalue weighted by Crippen LogP contribution is 1.92. The summed E-state index contributed by atoms with van der Waals surface area (Å²) in [4.78, 5) is 14.6. The van der Waals surface area contributed by atoms with E-state index in [1.54, 1.807) is 6.08 Å². The predicted octanol–water partition coefficient (Wildman–Crippen LogP) is 0.590. The molecule has 0 spiro atoms. The van der Waals surface area contributed by atoms with E-state index in [1.165, 1.54) is 12.7 Å². The molecule has 0 atom stereocenters. The maximum atomic E-state index is 11.0. The summed E-state index contributed by atoms with van der Waals surface area (Å²) in [6.07, 6.45) is 4.10. The van der Waals surface area contributed by atoms with Crippen molar-refractivity contribution in [2.45, 2.75) is 0 Å². The van der Waals surface area contributed by atoms with Crippen LogP contribution in [0.3, 0.4) is 0 Å². The molecule has 58 valence electrons. The molecule has 0 radical (unpaired) electrons. The largest absolute Gasteiger partial charge is 0.451 e. The van der Waals surface area contributed by atoms with Gasteiger partial charge < -0.3 is 9.73 Å². The summed E-state index contributed by atoms with van der Waals surface area (Å²) in [6.45, 7) is 3.89. The molecule has 0 saturated heterocycles. The maximum absolute atomic E-state index is 11.0. The Morgan fingerprint density at radius 3 is 3.27 bits per heavy atom. The van der Waals surface area contributed by atoms with Gasteiger partial charge in [-0.2, -0.15) is 0 Å². The van der Waals surface area contributed by atoms with Crippen molar-refractivity contribution in [3.8, 4) is 0 Å². The Labute approximate surface area is 63.9 Å². The van der Waals surface area contributed by atoms with Crippen LogP contribution in [0.4, 0.5) is 0 Å². The van der Waals surface area contributed by atoms with E-state index in [1.807, 2.05) is 0 Å². The summed E-state index contributed by atoms with van der Waals surface area (Å²) < 4.78 is 4.62. The molecule has 0 aliphatic rings. The molecular formula is C7H8N2O2. The second-order valence-corrected chi connectivity index (χ2v) is 1.87. The third-order valence-corrected chi connectivity index (χ3v) is 1.07. The number of hydrogen-bond donors (Lipinski definition) is 1. The molecule has 0 aromatic carbocycles. The van der Waals surface area contributed by atoms with E-state index in [4.69, 9.17) is 0 Å². The van der Waals surface area contributed by atoms with Crippen LogP contribution < -0.4 is 5.32 Å². The van der Waals surface area contributed by atoms with Gasteiger partial charge >= 0.3 is 0 Å². The lowest BCUT2D eigenvalue weighted by molar-refractivity contribution is 0.0953. The van der Waals surface area contributed by atoms with Gasteiger partial charge in [0.15, 0.2) is 12.1 Å². The molecule has 1 rings (SSSR count). The molecule has 0 bridgehead atoms. The number of nitrogens with zero attached hydrogens (tertiary/aromatic N) is 1. The van der Waals surface area contributed by atoms with E-state index in [0.717, 1.165) is 0 Å². The molecule has 1 N–H and O–H groups in total. The number of carbonyl (C=O) groups excluding carboxylic acids is 1. The zero-order valence-corrected chi connectivity index (χ0v) is 5.91. The first kappa shape index (κ1) is 7.53. The topological polar surface area (TPSA) is 55.1 Å². The highest BCUT2D eigenvalue weighted by molar-refractivity contribution is 5.91. The van der Waals surface area contributed by atoms with Gasteiger partial charge in [0.05, 0.1) is 0 Å². The van der Waals surface area contributed by atoms with Crippen LogP contribution in [0.5, 0.6) is 0 Å². The van der Waals surface area contributed by atoms with Crippen LogP contribution in [0.15, 0.2) is 29.7 Å². The summed E-state index contributed by atoms with van der Waals surface area (Å²) in [6, 6.07) is 0. The van der Waals surface area contributed by atoms with Crippen molar-refractivity contribution in [1.82, 2.24) is 10.3 Å². The lowest BCUT2D eigenvalue weighted by Gasteiger charge is -1.95. The Hall–Kier alpha value is -1.58. The highest BCUT2D eigenvalue weighted by atomic mass is 16.3. The first-order valence-electron chi connectivity index (χ1n) is 3.12. The minimum Gasteiger partial charge on any atom is -0.451 e. The average molecular weight is 152 g/mol. The lowest BCUT2D eigenvalue weighted by atomic mass is 10.4. The summed E-state index contributed by atoms with van der Waals surface area (Å²) in [5.74, 6) is -0.251. The first-order chi connectivity index (χ1) is 5.34. The van der Waals surface area contributed by atoms with Gasteiger partial charge in [-0.3, -0.25) is 4.79 Å². The summed E-state index contributed by atoms with van der Waals surface area (Å²) in [5.41, 5.74) is 0.284. The number of aromatic nitrogens is 1. The highest BCUT2D eigenvalue weighted by Gasteiger charge is 2.05. The van der Waals surface area contributed by atoms with Crippen molar-refractivity contribution >= 4 is 5.91 Å². The number of hydrogen-bond acceptors (Lipinski definition) is 3. The Kier molecular flexibility index (Phi) is 2.43. The van der Waals surface area contributed by atoms with E-state index in [9.17, 15) is 4.79 Å². The van der Waals surface area contributed by atoms with Gasteiger partial charge in [0.2, 0.25) is 0 Å². The van der Waals surface area contributed by atoms with Crippen LogP contribution in [0.25, 0.3) is 0 Å². The van der Waals surface area contributed by atoms with Gasteiger partial charge in [0.1, 0.15) is 6.26 Å². The molecule has 0 fully saturated rings. The minimum absolute atomic E-state index is 0.251. The molecule has 4 heteroatoms. The molecule has 0 unspecified atom stereocenters. The fraction of sp³-hybridized carbons (Fsp3) is 0.143. The maximum Gasteiger partial charge on any atom is 0.273 e. The van der Waals surface area contributed by atoms with Crippen molar-refractivity contribution in [2.75, 3.05) is 6.54 Å². The average Bonchev–Trinajstić information content (AvgIpc) is 2.52. The number of carbonyl (C=O) groups is 1. The van der Waals surface area contributed by atoms with Crippen molar-refractivity contribution in [2.24, 2.45) is 0 Å². The van der Waals surface area contributed by atoms with Gasteiger partial charge in [-0.1, -0.05) is 6.08 Å². The van der Waals surface area contributed by atoms with Crippen molar-refractivity contribution in [3.05, 3.63) is 31.0 Å². The second kappa shape index (κ2) is 3.55. The second-order valence-electron chi connectivity index (χ2n) is 1.87. The molecule has 1 amide bonds. The molecule has 1 heterocycles. The third-order valence-electron chi connectivity index (χ3n) is 1.07. The van der Waals surface area contributed by atoms with Crippen LogP contribution in [0.1, 0.15) is 10.5 Å². The fourth-order valence-electron chi connectivity index (χ4n) is 0.580. The predicted molar refractivity (Wildman–Crippen MR) is 39.0 cm³/mol. The molecule has 0 aliphatic carbocycles. The molecular weight excluding hydrogens is 144 g/mol. The number of oxazole rings is 1. The van der Waals surface area contributed by atoms with Crippen LogP contribution in [0, 0.1) is 0 Å². The third kappa shape index (κ3) is 1.93. The number of rotatable bonds is 3. The van der Waals surface area contributed by atoms with Gasteiger partial charge in [-0.05, 0) is 0 Å². The van der Waals surface area contributed by atoms with Crippen molar-refractivity contribution in [1.29, 1.82) is 0 Å². The molecule has 1 aromatic rings. The summed E-state index contributed by atoms with van der Waals surface area (Å²) >= 11 is 0. The number of amides is 1. The molecule has 1 aromatic heterocycles. The fourth-order valence-corrected chi connectivity index (χ4v) is 0.580. The van der Waals surface area contributed by atoms with E-state index in [2.05, 4.69) is 21.3 Å². The molecule has 11 heavy (non-hydrogen) atoms. The van der Waals surface area contributed by atoms with E-state index < -0.39 is 0 Å². The number of nitrogens with one attached hydrogen (secondary N) is 1. The van der Waals surface area contributed by atoms with Crippen LogP contribution in [-0.4, -0.2) is 17.4 Å². The van der Waals surface area contributed by atoms with Gasteiger partial charge in [0.25, 0.3) is 5.91 Å². The van der Waals surface area contributed by atoms with Crippen LogP contribution >= 0.6 is 0 Å². The Morgan fingerprint density at radius 2 is 2.73 bits per heavy atom. The standard InChI is InChI=1S/C7H8N2O2/c1-2-3-8-7(10)6-4-11-5-9-6/h2,4-5H,1,3H2,(H,8,10). The van der Waals surface area contributed by atoms with Crippen LogP contribution in [-0.2, 0) is 0 Å². The van der Waals surface area contributed by atoms with Crippen LogP contribution in [0.2, 0.25) is 0 Å². The van der Waals surface area contributed by atoms with E-state index in [0.29, 0.717) is 6.54 Å². The quantitative estimate of drug-likeness (QED) is 0.645. The SMILES string of the molecule is C=CCNC(=O)c1cocn1. The summed E-state index contributed by atoms with van der Waals surface area (Å²) in [7, 11) is 0. The molecule has 0 aliphatic heterocycles. The van der Waals surface area contributed by atoms with Gasteiger partial charge in [-0.15, -0.1) is 6.58 Å².